The molecule has 3 rings (SSSR count). The van der Waals surface area contributed by atoms with Gasteiger partial charge in [-0.3, -0.25) is 4.76 Å². The Morgan fingerprint density at radius 1 is 1.62 bits per heavy atom. The lowest BCUT2D eigenvalue weighted by atomic mass is 9.97. The second-order valence-corrected chi connectivity index (χ2v) is 8.78. The number of hydrogen-bond donors (Lipinski definition) is 2. The van der Waals surface area contributed by atoms with Crippen molar-refractivity contribution in [1.29, 1.82) is 0 Å². The Balaban J connectivity index is 1.82. The van der Waals surface area contributed by atoms with E-state index in [1.807, 2.05) is 12.4 Å². The molecule has 0 aliphatic carbocycles. The van der Waals surface area contributed by atoms with Gasteiger partial charge >= 0.3 is 0 Å². The molecule has 0 saturated carbocycles. The zero-order valence-electron chi connectivity index (χ0n) is 14.0. The molecule has 0 spiro atoms. The van der Waals surface area contributed by atoms with E-state index in [1.54, 1.807) is 6.20 Å². The van der Waals surface area contributed by atoms with Gasteiger partial charge < -0.3 is 15.6 Å². The highest BCUT2D eigenvalue weighted by atomic mass is 127. The van der Waals surface area contributed by atoms with Crippen LogP contribution in [0.3, 0.4) is 0 Å². The summed E-state index contributed by atoms with van der Waals surface area (Å²) >= 11 is 2.24. The van der Waals surface area contributed by atoms with Crippen LogP contribution in [0, 0.1) is 5.92 Å². The minimum Gasteiger partial charge on any atom is -0.404 e. The molecule has 3 heterocycles. The molecule has 2 aromatic rings. The lowest BCUT2D eigenvalue weighted by Crippen LogP contribution is -2.31. The van der Waals surface area contributed by atoms with Crippen molar-refractivity contribution in [3.63, 3.8) is 0 Å². The van der Waals surface area contributed by atoms with Crippen LogP contribution in [-0.2, 0) is 6.54 Å². The number of aromatic nitrogens is 2. The molecule has 2 unspecified atom stereocenters. The Bertz CT molecular complexity index is 780. The van der Waals surface area contributed by atoms with Crippen molar-refractivity contribution < 1.29 is 0 Å². The molecule has 1 aliphatic rings. The van der Waals surface area contributed by atoms with Crippen LogP contribution in [0.4, 0.5) is 0 Å². The monoisotopic (exact) mass is 455 g/mol. The predicted molar refractivity (Wildman–Crippen MR) is 113 cm³/mol. The summed E-state index contributed by atoms with van der Waals surface area (Å²) < 4.78 is 6.55. The zero-order valence-corrected chi connectivity index (χ0v) is 17.1. The molecule has 0 amide bonds. The van der Waals surface area contributed by atoms with E-state index in [-0.39, 0.29) is 5.54 Å². The van der Waals surface area contributed by atoms with Gasteiger partial charge in [0.05, 0.1) is 6.37 Å². The number of allylic oxidation sites excluding steroid dienone is 1. The smallest absolute Gasteiger partial charge is 0.139 e. The van der Waals surface area contributed by atoms with Crippen molar-refractivity contribution in [2.45, 2.75) is 32.4 Å². The van der Waals surface area contributed by atoms with Gasteiger partial charge in [-0.05, 0) is 60.4 Å². The number of pyridine rings is 1. The number of nitrogens with zero attached hydrogens (tertiary/aromatic N) is 3. The first-order valence-electron chi connectivity index (χ1n) is 8.03. The molecule has 2 atom stereocenters. The van der Waals surface area contributed by atoms with Gasteiger partial charge in [-0.25, -0.2) is 4.98 Å². The minimum absolute atomic E-state index is 0.244. The fourth-order valence-corrected chi connectivity index (χ4v) is 3.99. The summed E-state index contributed by atoms with van der Waals surface area (Å²) in [6, 6.07) is 4.27. The predicted octanol–water partition coefficient (Wildman–Crippen LogP) is 3.74. The van der Waals surface area contributed by atoms with E-state index < -0.39 is 0 Å². The Labute approximate surface area is 157 Å². The zero-order chi connectivity index (χ0) is 17.2. The van der Waals surface area contributed by atoms with E-state index >= 15 is 0 Å². The molecule has 7 heteroatoms. The van der Waals surface area contributed by atoms with Crippen molar-refractivity contribution >= 4 is 51.2 Å². The molecule has 1 aliphatic heterocycles. The van der Waals surface area contributed by atoms with Crippen LogP contribution in [0.1, 0.15) is 25.8 Å². The van der Waals surface area contributed by atoms with E-state index in [1.165, 1.54) is 6.42 Å². The lowest BCUT2D eigenvalue weighted by Gasteiger charge is -2.17. The van der Waals surface area contributed by atoms with Crippen molar-refractivity contribution in [3.05, 3.63) is 36.3 Å². The molecular formula is C17H23IN5P. The molecule has 3 N–H and O–H groups in total. The summed E-state index contributed by atoms with van der Waals surface area (Å²) in [6.07, 6.45) is 9.12. The van der Waals surface area contributed by atoms with Gasteiger partial charge in [-0.15, -0.1) is 0 Å². The summed E-state index contributed by atoms with van der Waals surface area (Å²) in [5.74, 6) is 0.647. The summed E-state index contributed by atoms with van der Waals surface area (Å²) in [5.41, 5.74) is 8.93. The lowest BCUT2D eigenvalue weighted by molar-refractivity contribution is 0.421. The Morgan fingerprint density at radius 2 is 2.46 bits per heavy atom. The molecule has 1 fully saturated rings. The molecule has 5 nitrogen and oxygen atoms in total. The highest BCUT2D eigenvalue weighted by Crippen LogP contribution is 2.27. The molecule has 1 saturated heterocycles. The van der Waals surface area contributed by atoms with Gasteiger partial charge in [0.15, 0.2) is 0 Å². The second-order valence-electron chi connectivity index (χ2n) is 6.90. The van der Waals surface area contributed by atoms with Crippen LogP contribution in [-0.4, -0.2) is 27.8 Å². The normalized spacial score (nSPS) is 21.6. The van der Waals surface area contributed by atoms with Gasteiger partial charge in [0, 0.05) is 60.0 Å². The van der Waals surface area contributed by atoms with E-state index in [4.69, 9.17) is 5.73 Å². The quantitative estimate of drug-likeness (QED) is 0.410. The topological polar surface area (TPSA) is 68.2 Å². The first kappa shape index (κ1) is 17.8. The van der Waals surface area contributed by atoms with Crippen molar-refractivity contribution in [2.75, 3.05) is 6.54 Å². The molecule has 0 bridgehead atoms. The average molecular weight is 455 g/mol. The third kappa shape index (κ3) is 3.98. The molecule has 128 valence electrons. The van der Waals surface area contributed by atoms with E-state index in [0.717, 1.165) is 35.3 Å². The van der Waals surface area contributed by atoms with Crippen molar-refractivity contribution in [3.8, 4) is 0 Å². The van der Waals surface area contributed by atoms with Gasteiger partial charge in [0.25, 0.3) is 0 Å². The Hall–Kier alpha value is -0.980. The number of fused-ring (bicyclic) bond motifs is 1. The second kappa shape index (κ2) is 7.50. The van der Waals surface area contributed by atoms with Gasteiger partial charge in [0.2, 0.25) is 0 Å². The third-order valence-corrected chi connectivity index (χ3v) is 5.55. The first-order chi connectivity index (χ1) is 11.5. The van der Waals surface area contributed by atoms with E-state index in [9.17, 15) is 0 Å². The number of rotatable bonds is 5. The summed E-state index contributed by atoms with van der Waals surface area (Å²) in [6.45, 7) is 6.61. The van der Waals surface area contributed by atoms with Gasteiger partial charge in [0.1, 0.15) is 5.65 Å². The van der Waals surface area contributed by atoms with Gasteiger partial charge in [-0.2, -0.15) is 0 Å². The highest BCUT2D eigenvalue weighted by molar-refractivity contribution is 14.2. The molecule has 0 radical (unpaired) electrons. The number of nitrogens with two attached hydrogens (primary N) is 1. The Kier molecular flexibility index (Phi) is 5.57. The maximum Gasteiger partial charge on any atom is 0.139 e. The average Bonchev–Trinajstić information content (AvgIpc) is 3.11. The largest absolute Gasteiger partial charge is 0.404 e. The fourth-order valence-electron chi connectivity index (χ4n) is 3.38. The molecular weight excluding hydrogens is 432 g/mol. The first-order valence-corrected chi connectivity index (χ1v) is 12.1. The fraction of sp³-hybridized carbons (Fsp3) is 0.412. The molecule has 0 aromatic carbocycles. The van der Waals surface area contributed by atoms with Crippen LogP contribution in [0.15, 0.2) is 35.5 Å². The Morgan fingerprint density at radius 3 is 3.12 bits per heavy atom. The molecule has 24 heavy (non-hydrogen) atoms. The van der Waals surface area contributed by atoms with Crippen LogP contribution in [0.2, 0.25) is 0 Å². The van der Waals surface area contributed by atoms with Crippen LogP contribution in [0.25, 0.3) is 16.6 Å². The van der Waals surface area contributed by atoms with Crippen LogP contribution in [0.5, 0.6) is 0 Å². The van der Waals surface area contributed by atoms with E-state index in [2.05, 4.69) is 73.8 Å². The maximum atomic E-state index is 5.74. The highest BCUT2D eigenvalue weighted by Gasteiger charge is 2.30. The molecule has 2 aromatic heterocycles. The third-order valence-electron chi connectivity index (χ3n) is 4.49. The van der Waals surface area contributed by atoms with Crippen molar-refractivity contribution in [2.24, 2.45) is 16.4 Å². The maximum absolute atomic E-state index is 5.74. The van der Waals surface area contributed by atoms with Gasteiger partial charge in [-0.1, -0.05) is 0 Å². The SMILES string of the molecule is CC1(C)CC(Cn2ccc3cc(C(C=NPI)=CN)cnc32)CN1. The summed E-state index contributed by atoms with van der Waals surface area (Å²) in [4.78, 5) is 4.68. The number of halogens is 1. The van der Waals surface area contributed by atoms with Crippen molar-refractivity contribution in [1.82, 2.24) is 14.9 Å². The number of hydrogen-bond acceptors (Lipinski definition) is 4. The minimum atomic E-state index is 0.244. The summed E-state index contributed by atoms with van der Waals surface area (Å²) in [5, 5.41) is 4.73. The van der Waals surface area contributed by atoms with E-state index in [0.29, 0.717) is 12.3 Å². The number of nitrogens with one attached hydrogen (secondary N) is 1. The summed E-state index contributed by atoms with van der Waals surface area (Å²) in [7, 11) is 0. The van der Waals surface area contributed by atoms with Crippen LogP contribution >= 0.6 is 28.4 Å². The standard InChI is InChI=1S/C17H23IN5P/c1-17(2)6-12(8-21-17)11-23-4-3-13-5-14(9-20-16(13)23)15(7-19)10-22-24-18/h3-5,7,9-10,12,21,24H,6,8,11,19H2,1-2H3. The van der Waals surface area contributed by atoms with Crippen LogP contribution < -0.4 is 11.1 Å².